The number of hydrogen-bond donors (Lipinski definition) is 0. The molecule has 1 amide bonds. The monoisotopic (exact) mass is 267 g/mol. The molecular weight excluding hydrogens is 242 g/mol. The second kappa shape index (κ2) is 8.69. The lowest BCUT2D eigenvalue weighted by Gasteiger charge is -2.21. The first-order chi connectivity index (χ1) is 9.22. The molecule has 0 bridgehead atoms. The highest BCUT2D eigenvalue weighted by molar-refractivity contribution is 5.76. The third kappa shape index (κ3) is 5.03. The minimum absolute atomic E-state index is 0.145. The Bertz CT molecular complexity index is 377. The fourth-order valence-electron chi connectivity index (χ4n) is 1.87. The van der Waals surface area contributed by atoms with Crippen LogP contribution >= 0.6 is 0 Å². The van der Waals surface area contributed by atoms with Crippen molar-refractivity contribution < 1.29 is 9.53 Å². The summed E-state index contributed by atoms with van der Waals surface area (Å²) >= 11 is 0. The molecule has 108 valence electrons. The van der Waals surface area contributed by atoms with Gasteiger partial charge in [-0.15, -0.1) is 0 Å². The molecule has 0 N–H and O–H groups in total. The number of rotatable bonds is 9. The Labute approximate surface area is 115 Å². The number of carbonyl (C=O) groups is 1. The molecule has 5 heteroatoms. The van der Waals surface area contributed by atoms with E-state index in [1.54, 1.807) is 6.20 Å². The predicted molar refractivity (Wildman–Crippen MR) is 74.7 cm³/mol. The van der Waals surface area contributed by atoms with Gasteiger partial charge in [0.15, 0.2) is 0 Å². The lowest BCUT2D eigenvalue weighted by atomic mass is 10.3. The van der Waals surface area contributed by atoms with Gasteiger partial charge in [0.05, 0.1) is 0 Å². The van der Waals surface area contributed by atoms with Crippen molar-refractivity contribution in [3.05, 3.63) is 18.2 Å². The molecule has 1 rings (SSSR count). The maximum Gasteiger partial charge on any atom is 0.242 e. The Morgan fingerprint density at radius 2 is 2.21 bits per heavy atom. The van der Waals surface area contributed by atoms with E-state index in [9.17, 15) is 4.79 Å². The Morgan fingerprint density at radius 3 is 2.84 bits per heavy atom. The Balaban J connectivity index is 2.57. The smallest absolute Gasteiger partial charge is 0.242 e. The van der Waals surface area contributed by atoms with E-state index >= 15 is 0 Å². The zero-order chi connectivity index (χ0) is 14.1. The van der Waals surface area contributed by atoms with Crippen LogP contribution in [0, 0.1) is 0 Å². The molecule has 5 nitrogen and oxygen atoms in total. The number of nitrogens with zero attached hydrogens (tertiary/aromatic N) is 3. The summed E-state index contributed by atoms with van der Waals surface area (Å²) in [7, 11) is 0. The molecule has 0 aromatic carbocycles. The minimum Gasteiger partial charge on any atom is -0.374 e. The van der Waals surface area contributed by atoms with Gasteiger partial charge < -0.3 is 14.2 Å². The van der Waals surface area contributed by atoms with Gasteiger partial charge in [-0.05, 0) is 20.3 Å². The zero-order valence-electron chi connectivity index (χ0n) is 12.3. The van der Waals surface area contributed by atoms with E-state index in [4.69, 9.17) is 4.74 Å². The normalized spacial score (nSPS) is 10.7. The van der Waals surface area contributed by atoms with Crippen molar-refractivity contribution in [3.63, 3.8) is 0 Å². The summed E-state index contributed by atoms with van der Waals surface area (Å²) in [6.45, 7) is 9.14. The summed E-state index contributed by atoms with van der Waals surface area (Å²) in [5.74, 6) is 0.952. The van der Waals surface area contributed by atoms with Gasteiger partial charge in [0, 0.05) is 32.1 Å². The van der Waals surface area contributed by atoms with Gasteiger partial charge in [-0.3, -0.25) is 4.79 Å². The van der Waals surface area contributed by atoms with Crippen LogP contribution < -0.4 is 0 Å². The molecule has 19 heavy (non-hydrogen) atoms. The molecule has 0 aliphatic heterocycles. The molecule has 0 fully saturated rings. The number of likely N-dealkylation sites (N-methyl/N-ethyl adjacent to an activating group) is 1. The van der Waals surface area contributed by atoms with E-state index in [1.807, 2.05) is 29.5 Å². The highest BCUT2D eigenvalue weighted by Crippen LogP contribution is 2.03. The van der Waals surface area contributed by atoms with Crippen LogP contribution in [0.2, 0.25) is 0 Å². The van der Waals surface area contributed by atoms with E-state index in [2.05, 4.69) is 11.9 Å². The van der Waals surface area contributed by atoms with Gasteiger partial charge in [-0.2, -0.15) is 0 Å². The van der Waals surface area contributed by atoms with Gasteiger partial charge in [0.25, 0.3) is 0 Å². The van der Waals surface area contributed by atoms with E-state index in [1.165, 1.54) is 0 Å². The number of aromatic nitrogens is 2. The predicted octanol–water partition coefficient (Wildman–Crippen LogP) is 2.07. The third-order valence-electron chi connectivity index (χ3n) is 3.06. The first-order valence-corrected chi connectivity index (χ1v) is 7.08. The van der Waals surface area contributed by atoms with Crippen molar-refractivity contribution in [2.45, 2.75) is 46.8 Å². The molecular formula is C14H25N3O2. The summed E-state index contributed by atoms with van der Waals surface area (Å²) in [5, 5.41) is 0. The first kappa shape index (κ1) is 15.7. The van der Waals surface area contributed by atoms with Crippen LogP contribution in [-0.4, -0.2) is 40.1 Å². The summed E-state index contributed by atoms with van der Waals surface area (Å²) in [6, 6.07) is 0. The van der Waals surface area contributed by atoms with E-state index in [-0.39, 0.29) is 5.91 Å². The topological polar surface area (TPSA) is 47.4 Å². The summed E-state index contributed by atoms with van der Waals surface area (Å²) in [5.41, 5.74) is 0. The third-order valence-corrected chi connectivity index (χ3v) is 3.06. The molecule has 0 aliphatic carbocycles. The van der Waals surface area contributed by atoms with Crippen LogP contribution in [0.3, 0.4) is 0 Å². The fraction of sp³-hybridized carbons (Fsp3) is 0.714. The van der Waals surface area contributed by atoms with Crippen molar-refractivity contribution >= 4 is 5.91 Å². The van der Waals surface area contributed by atoms with Crippen LogP contribution in [0.1, 0.15) is 39.4 Å². The average molecular weight is 267 g/mol. The molecule has 0 radical (unpaired) electrons. The van der Waals surface area contributed by atoms with Gasteiger partial charge >= 0.3 is 0 Å². The van der Waals surface area contributed by atoms with Crippen molar-refractivity contribution in [1.82, 2.24) is 14.5 Å². The number of unbranched alkanes of at least 4 members (excludes halogenated alkanes) is 1. The molecule has 0 saturated heterocycles. The molecule has 0 atom stereocenters. The summed E-state index contributed by atoms with van der Waals surface area (Å²) in [6.07, 6.45) is 5.70. The lowest BCUT2D eigenvalue weighted by molar-refractivity contribution is -0.131. The van der Waals surface area contributed by atoms with Crippen molar-refractivity contribution in [2.75, 3.05) is 19.7 Å². The fourth-order valence-corrected chi connectivity index (χ4v) is 1.87. The number of ether oxygens (including phenoxy) is 1. The molecule has 0 saturated carbocycles. The first-order valence-electron chi connectivity index (χ1n) is 7.08. The van der Waals surface area contributed by atoms with Gasteiger partial charge in [-0.1, -0.05) is 13.3 Å². The zero-order valence-corrected chi connectivity index (χ0v) is 12.3. The van der Waals surface area contributed by atoms with E-state index in [0.717, 1.165) is 31.8 Å². The van der Waals surface area contributed by atoms with Crippen LogP contribution in [-0.2, 0) is 22.7 Å². The molecule has 1 heterocycles. The second-order valence-electron chi connectivity index (χ2n) is 4.44. The Hall–Kier alpha value is -1.36. The molecule has 0 aliphatic rings. The Kier molecular flexibility index (Phi) is 7.18. The Morgan fingerprint density at radius 1 is 1.42 bits per heavy atom. The number of carbonyl (C=O) groups excluding carboxylic acids is 1. The van der Waals surface area contributed by atoms with E-state index < -0.39 is 0 Å². The average Bonchev–Trinajstić information content (AvgIpc) is 2.84. The molecule has 1 aromatic heterocycles. The minimum atomic E-state index is 0.145. The van der Waals surface area contributed by atoms with Gasteiger partial charge in [0.2, 0.25) is 5.91 Å². The largest absolute Gasteiger partial charge is 0.374 e. The maximum absolute atomic E-state index is 12.2. The lowest BCUT2D eigenvalue weighted by Crippen LogP contribution is -2.34. The number of hydrogen-bond acceptors (Lipinski definition) is 3. The molecule has 0 spiro atoms. The molecule has 0 unspecified atom stereocenters. The van der Waals surface area contributed by atoms with Crippen molar-refractivity contribution in [2.24, 2.45) is 0 Å². The van der Waals surface area contributed by atoms with Crippen molar-refractivity contribution in [1.29, 1.82) is 0 Å². The maximum atomic E-state index is 12.2. The number of imidazole rings is 1. The van der Waals surface area contributed by atoms with Crippen LogP contribution in [0.4, 0.5) is 0 Å². The quantitative estimate of drug-likeness (QED) is 0.688. The summed E-state index contributed by atoms with van der Waals surface area (Å²) < 4.78 is 7.21. The van der Waals surface area contributed by atoms with Gasteiger partial charge in [0.1, 0.15) is 19.0 Å². The molecule has 1 aromatic rings. The van der Waals surface area contributed by atoms with Crippen molar-refractivity contribution in [3.8, 4) is 0 Å². The summed E-state index contributed by atoms with van der Waals surface area (Å²) in [4.78, 5) is 18.3. The second-order valence-corrected chi connectivity index (χ2v) is 4.44. The van der Waals surface area contributed by atoms with Crippen LogP contribution in [0.15, 0.2) is 12.4 Å². The highest BCUT2D eigenvalue weighted by Gasteiger charge is 2.13. The standard InChI is InChI=1S/C14H25N3O2/c1-4-7-9-16(5-2)14(18)11-17-10-8-15-13(17)12-19-6-3/h8,10H,4-7,9,11-12H2,1-3H3. The van der Waals surface area contributed by atoms with E-state index in [0.29, 0.717) is 19.8 Å². The number of amides is 1. The van der Waals surface area contributed by atoms with Crippen LogP contribution in [0.5, 0.6) is 0 Å². The highest BCUT2D eigenvalue weighted by atomic mass is 16.5. The SMILES string of the molecule is CCCCN(CC)C(=O)Cn1ccnc1COCC. The van der Waals surface area contributed by atoms with Crippen LogP contribution in [0.25, 0.3) is 0 Å². The van der Waals surface area contributed by atoms with Gasteiger partial charge in [-0.25, -0.2) is 4.98 Å².